The molecule has 0 heterocycles. The Morgan fingerprint density at radius 2 is 1.18 bits per heavy atom. The maximum absolute atomic E-state index is 10.0. The van der Waals surface area contributed by atoms with Gasteiger partial charge < -0.3 is 12.6 Å². The number of rotatable bonds is 12. The van der Waals surface area contributed by atoms with Crippen molar-refractivity contribution in [1.29, 1.82) is 0 Å². The van der Waals surface area contributed by atoms with Crippen LogP contribution in [-0.2, 0) is 23.6 Å². The molecule has 0 spiro atoms. The van der Waals surface area contributed by atoms with Gasteiger partial charge in [0.05, 0.1) is 11.0 Å². The smallest absolute Gasteiger partial charge is 0.424 e. The van der Waals surface area contributed by atoms with E-state index in [0.717, 1.165) is 12.8 Å². The van der Waals surface area contributed by atoms with Crippen molar-refractivity contribution >= 4 is 11.0 Å². The minimum Gasteiger partial charge on any atom is -0.424 e. The molecule has 0 saturated carbocycles. The number of unbranched alkanes of at least 4 members (excludes halogenated alkanes) is 9. The molecule has 0 amide bonds. The fourth-order valence-electron chi connectivity index (χ4n) is 1.72. The topological polar surface area (TPSA) is 43.4 Å². The van der Waals surface area contributed by atoms with Gasteiger partial charge in [-0.05, 0) is 6.42 Å². The molecular weight excluding hydrogens is 263 g/mol. The van der Waals surface area contributed by atoms with E-state index in [1.54, 1.807) is 0 Å². The molecule has 17 heavy (non-hydrogen) atoms. The summed E-state index contributed by atoms with van der Waals surface area (Å²) in [6, 6.07) is 0. The molecule has 0 unspecified atom stereocenters. The predicted molar refractivity (Wildman–Crippen MR) is 66.5 cm³/mol. The van der Waals surface area contributed by atoms with Gasteiger partial charge >= 0.3 is 51.4 Å². The Balaban J connectivity index is 0. The zero-order valence-corrected chi connectivity index (χ0v) is 15.4. The average molecular weight is 288 g/mol. The van der Waals surface area contributed by atoms with Crippen LogP contribution in [0.1, 0.15) is 71.1 Å². The predicted octanol–water partition coefficient (Wildman–Crippen LogP) is 1.15. The summed E-state index contributed by atoms with van der Waals surface area (Å²) >= 11 is 0. The zero-order chi connectivity index (χ0) is 12.1. The average Bonchev–Trinajstić information content (AvgIpc) is 2.25. The molecule has 98 valence electrons. The van der Waals surface area contributed by atoms with E-state index >= 15 is 0 Å². The molecule has 0 N–H and O–H groups in total. The van der Waals surface area contributed by atoms with Gasteiger partial charge in [0.2, 0.25) is 0 Å². The first kappa shape index (κ1) is 20.9. The molecule has 0 fully saturated rings. The van der Waals surface area contributed by atoms with Crippen LogP contribution in [-0.4, -0.2) is 6.61 Å². The standard InChI is InChI=1S/C12H25O3S.K/c1-2-3-4-5-6-7-8-9-10-11-12-15-16(13)14;/h2-12H2,1H3;/q-1;+1. The Bertz CT molecular complexity index is 200. The van der Waals surface area contributed by atoms with Crippen LogP contribution < -0.4 is 51.4 Å². The van der Waals surface area contributed by atoms with Crippen molar-refractivity contribution in [3.63, 3.8) is 0 Å². The van der Waals surface area contributed by atoms with Crippen LogP contribution in [0, 0.1) is 0 Å². The minimum atomic E-state index is -2.33. The first-order valence-corrected chi connectivity index (χ1v) is 7.50. The van der Waals surface area contributed by atoms with Crippen molar-refractivity contribution in [3.05, 3.63) is 0 Å². The monoisotopic (exact) mass is 288 g/mol. The first-order valence-electron chi connectivity index (χ1n) is 6.50. The molecule has 0 aromatic heterocycles. The maximum Gasteiger partial charge on any atom is 1.00 e. The van der Waals surface area contributed by atoms with Crippen LogP contribution >= 0.6 is 0 Å². The van der Waals surface area contributed by atoms with Crippen molar-refractivity contribution in [3.8, 4) is 0 Å². The Hall–Kier alpha value is 1.55. The third-order valence-corrected chi connectivity index (χ3v) is 3.04. The van der Waals surface area contributed by atoms with E-state index in [2.05, 4.69) is 11.1 Å². The van der Waals surface area contributed by atoms with E-state index in [-0.39, 0.29) is 51.4 Å². The Labute approximate surface area is 151 Å². The molecule has 5 heteroatoms. The second kappa shape index (κ2) is 17.5. The Kier molecular flexibility index (Phi) is 21.5. The Morgan fingerprint density at radius 3 is 1.59 bits per heavy atom. The molecule has 0 radical (unpaired) electrons. The molecule has 0 rings (SSSR count). The molecule has 0 aliphatic rings. The fourth-order valence-corrected chi connectivity index (χ4v) is 1.97. The van der Waals surface area contributed by atoms with Gasteiger partial charge in [-0.15, -0.1) is 0 Å². The number of hydrogen-bond acceptors (Lipinski definition) is 4. The van der Waals surface area contributed by atoms with Crippen LogP contribution in [0.25, 0.3) is 0 Å². The van der Waals surface area contributed by atoms with Gasteiger partial charge in [0.25, 0.3) is 0 Å². The van der Waals surface area contributed by atoms with E-state index in [0.29, 0.717) is 6.61 Å². The summed E-state index contributed by atoms with van der Waals surface area (Å²) in [5.74, 6) is 0. The van der Waals surface area contributed by atoms with Crippen LogP contribution in [0.15, 0.2) is 0 Å². The second-order valence-corrected chi connectivity index (χ2v) is 4.85. The minimum absolute atomic E-state index is 0. The van der Waals surface area contributed by atoms with Gasteiger partial charge in [-0.25, -0.2) is 0 Å². The van der Waals surface area contributed by atoms with E-state index in [4.69, 9.17) is 0 Å². The van der Waals surface area contributed by atoms with Crippen molar-refractivity contribution in [2.24, 2.45) is 0 Å². The van der Waals surface area contributed by atoms with Crippen LogP contribution in [0.2, 0.25) is 0 Å². The van der Waals surface area contributed by atoms with E-state index in [9.17, 15) is 8.42 Å². The number of hydrogen-bond donors (Lipinski definition) is 0. The van der Waals surface area contributed by atoms with Crippen LogP contribution in [0.3, 0.4) is 0 Å². The van der Waals surface area contributed by atoms with Gasteiger partial charge in [-0.1, -0.05) is 64.7 Å². The first-order chi connectivity index (χ1) is 7.77. The molecule has 0 aliphatic heterocycles. The summed E-state index contributed by atoms with van der Waals surface area (Å²) in [5, 5.41) is 0. The van der Waals surface area contributed by atoms with Gasteiger partial charge in [0.1, 0.15) is 0 Å². The van der Waals surface area contributed by atoms with Gasteiger partial charge in [-0.3, -0.25) is 0 Å². The van der Waals surface area contributed by atoms with Crippen molar-refractivity contribution in [2.75, 3.05) is 6.61 Å². The summed E-state index contributed by atoms with van der Waals surface area (Å²) in [5.41, 5.74) is 0. The quantitative estimate of drug-likeness (QED) is 0.307. The molecule has 0 saturated heterocycles. The van der Waals surface area contributed by atoms with E-state index in [1.807, 2.05) is 0 Å². The zero-order valence-electron chi connectivity index (χ0n) is 11.4. The molecule has 0 aromatic rings. The van der Waals surface area contributed by atoms with Gasteiger partial charge in [0.15, 0.2) is 0 Å². The third-order valence-electron chi connectivity index (χ3n) is 2.68. The van der Waals surface area contributed by atoms with Crippen molar-refractivity contribution < 1.29 is 64.0 Å². The van der Waals surface area contributed by atoms with E-state index < -0.39 is 11.0 Å². The molecule has 0 aromatic carbocycles. The molecule has 0 bridgehead atoms. The SMILES string of the molecule is CCCCCCCCCCCCO[S-](=O)=O.[K+]. The summed E-state index contributed by atoms with van der Waals surface area (Å²) in [6.45, 7) is 2.57. The van der Waals surface area contributed by atoms with Crippen molar-refractivity contribution in [2.45, 2.75) is 71.1 Å². The molecule has 0 aliphatic carbocycles. The third kappa shape index (κ3) is 20.0. The maximum atomic E-state index is 10.0. The fraction of sp³-hybridized carbons (Fsp3) is 1.00. The van der Waals surface area contributed by atoms with E-state index in [1.165, 1.54) is 51.4 Å². The summed E-state index contributed by atoms with van der Waals surface area (Å²) < 4.78 is 24.5. The second-order valence-electron chi connectivity index (χ2n) is 4.21. The largest absolute Gasteiger partial charge is 1.00 e. The molecular formula is C12H25KO3S. The van der Waals surface area contributed by atoms with Gasteiger partial charge in [-0.2, -0.15) is 0 Å². The summed E-state index contributed by atoms with van der Waals surface area (Å²) in [4.78, 5) is 0. The Morgan fingerprint density at radius 1 is 0.765 bits per heavy atom. The summed E-state index contributed by atoms with van der Waals surface area (Å²) in [7, 11) is -2.33. The van der Waals surface area contributed by atoms with Crippen LogP contribution in [0.5, 0.6) is 0 Å². The normalized spacial score (nSPS) is 10.5. The molecule has 0 atom stereocenters. The summed E-state index contributed by atoms with van der Waals surface area (Å²) in [6.07, 6.45) is 12.5. The van der Waals surface area contributed by atoms with Crippen molar-refractivity contribution in [1.82, 2.24) is 0 Å². The van der Waals surface area contributed by atoms with Crippen LogP contribution in [0.4, 0.5) is 0 Å². The van der Waals surface area contributed by atoms with Gasteiger partial charge in [0, 0.05) is 6.61 Å². The molecule has 3 nitrogen and oxygen atoms in total.